The average molecular weight is 355 g/mol. The van der Waals surface area contributed by atoms with Gasteiger partial charge in [-0.25, -0.2) is 0 Å². The standard InChI is InChI=1S/C13H15BrN4O3/c1-3-4-21-10-6-8(14)7(5-9(10)20-2)11-12(13(15)19)17-18-16-11/h5-6H,3-4H2,1-2H3,(H2,15,19)(H,16,17,18). The Balaban J connectivity index is 2.50. The minimum atomic E-state index is -0.657. The number of halogens is 1. The first-order valence-electron chi connectivity index (χ1n) is 6.29. The molecule has 2 aromatic rings. The lowest BCUT2D eigenvalue weighted by Crippen LogP contribution is -2.12. The van der Waals surface area contributed by atoms with Crippen molar-refractivity contribution in [3.63, 3.8) is 0 Å². The summed E-state index contributed by atoms with van der Waals surface area (Å²) in [6, 6.07) is 3.49. The van der Waals surface area contributed by atoms with Gasteiger partial charge in [-0.3, -0.25) is 4.79 Å². The summed E-state index contributed by atoms with van der Waals surface area (Å²) in [7, 11) is 1.55. The van der Waals surface area contributed by atoms with Crippen LogP contribution in [0.2, 0.25) is 0 Å². The van der Waals surface area contributed by atoms with Gasteiger partial charge < -0.3 is 15.2 Å². The number of aromatic amines is 1. The maximum absolute atomic E-state index is 11.4. The van der Waals surface area contributed by atoms with E-state index in [0.717, 1.165) is 6.42 Å². The van der Waals surface area contributed by atoms with Crippen molar-refractivity contribution in [2.45, 2.75) is 13.3 Å². The van der Waals surface area contributed by atoms with Gasteiger partial charge in [0.2, 0.25) is 0 Å². The summed E-state index contributed by atoms with van der Waals surface area (Å²) in [4.78, 5) is 11.4. The molecule has 3 N–H and O–H groups in total. The molecule has 0 unspecified atom stereocenters. The van der Waals surface area contributed by atoms with E-state index in [9.17, 15) is 4.79 Å². The maximum Gasteiger partial charge on any atom is 0.271 e. The summed E-state index contributed by atoms with van der Waals surface area (Å²) in [5.41, 5.74) is 6.34. The molecule has 0 spiro atoms. The van der Waals surface area contributed by atoms with Gasteiger partial charge in [0.25, 0.3) is 5.91 Å². The Labute approximate surface area is 129 Å². The van der Waals surface area contributed by atoms with Gasteiger partial charge >= 0.3 is 0 Å². The number of benzene rings is 1. The first-order valence-corrected chi connectivity index (χ1v) is 7.09. The number of methoxy groups -OCH3 is 1. The fraction of sp³-hybridized carbons (Fsp3) is 0.308. The van der Waals surface area contributed by atoms with E-state index in [0.29, 0.717) is 33.8 Å². The number of H-pyrrole nitrogens is 1. The molecule has 112 valence electrons. The molecule has 0 aliphatic rings. The van der Waals surface area contributed by atoms with Crippen LogP contribution >= 0.6 is 15.9 Å². The van der Waals surface area contributed by atoms with Crippen molar-refractivity contribution >= 4 is 21.8 Å². The van der Waals surface area contributed by atoms with Crippen LogP contribution in [0.15, 0.2) is 16.6 Å². The van der Waals surface area contributed by atoms with Gasteiger partial charge in [-0.2, -0.15) is 15.4 Å². The molecule has 1 heterocycles. The van der Waals surface area contributed by atoms with Crippen molar-refractivity contribution in [1.29, 1.82) is 0 Å². The predicted octanol–water partition coefficient (Wildman–Crippen LogP) is 2.13. The van der Waals surface area contributed by atoms with Gasteiger partial charge in [-0.05, 0) is 34.5 Å². The van der Waals surface area contributed by atoms with E-state index in [4.69, 9.17) is 15.2 Å². The number of nitrogens with one attached hydrogen (secondary N) is 1. The lowest BCUT2D eigenvalue weighted by molar-refractivity contribution is 0.0996. The average Bonchev–Trinajstić information content (AvgIpc) is 2.94. The zero-order valence-electron chi connectivity index (χ0n) is 11.6. The highest BCUT2D eigenvalue weighted by Crippen LogP contribution is 2.38. The van der Waals surface area contributed by atoms with Gasteiger partial charge in [0, 0.05) is 10.0 Å². The molecule has 21 heavy (non-hydrogen) atoms. The van der Waals surface area contributed by atoms with Crippen LogP contribution in [0, 0.1) is 0 Å². The van der Waals surface area contributed by atoms with E-state index in [-0.39, 0.29) is 5.69 Å². The molecule has 0 saturated heterocycles. The van der Waals surface area contributed by atoms with Crippen molar-refractivity contribution in [3.8, 4) is 22.8 Å². The largest absolute Gasteiger partial charge is 0.493 e. The zero-order valence-corrected chi connectivity index (χ0v) is 13.2. The SMILES string of the molecule is CCCOc1cc(Br)c(-c2n[nH]nc2C(N)=O)cc1OC. The van der Waals surface area contributed by atoms with Crippen LogP contribution in [0.5, 0.6) is 11.5 Å². The molecule has 1 amide bonds. The topological polar surface area (TPSA) is 103 Å². The maximum atomic E-state index is 11.4. The molecule has 0 radical (unpaired) electrons. The van der Waals surface area contributed by atoms with E-state index < -0.39 is 5.91 Å². The highest BCUT2D eigenvalue weighted by molar-refractivity contribution is 9.10. The lowest BCUT2D eigenvalue weighted by atomic mass is 10.1. The number of hydrogen-bond acceptors (Lipinski definition) is 5. The fourth-order valence-corrected chi connectivity index (χ4v) is 2.30. The summed E-state index contributed by atoms with van der Waals surface area (Å²) >= 11 is 3.44. The Bertz CT molecular complexity index is 657. The summed E-state index contributed by atoms with van der Waals surface area (Å²) < 4.78 is 11.6. The molecular weight excluding hydrogens is 340 g/mol. The molecule has 0 bridgehead atoms. The second-order valence-corrected chi connectivity index (χ2v) is 5.07. The van der Waals surface area contributed by atoms with Gasteiger partial charge in [0.05, 0.1) is 13.7 Å². The Morgan fingerprint density at radius 1 is 1.38 bits per heavy atom. The molecule has 0 aliphatic carbocycles. The molecule has 0 aliphatic heterocycles. The number of carbonyl (C=O) groups excluding carboxylic acids is 1. The zero-order chi connectivity index (χ0) is 15.4. The quantitative estimate of drug-likeness (QED) is 0.826. The molecular formula is C13H15BrN4O3. The van der Waals surface area contributed by atoms with Crippen molar-refractivity contribution < 1.29 is 14.3 Å². The van der Waals surface area contributed by atoms with E-state index >= 15 is 0 Å². The van der Waals surface area contributed by atoms with Crippen LogP contribution < -0.4 is 15.2 Å². The van der Waals surface area contributed by atoms with Crippen LogP contribution in [0.4, 0.5) is 0 Å². The molecule has 2 rings (SSSR count). The van der Waals surface area contributed by atoms with E-state index in [1.807, 2.05) is 6.92 Å². The monoisotopic (exact) mass is 354 g/mol. The number of aromatic nitrogens is 3. The third-order valence-electron chi connectivity index (χ3n) is 2.75. The predicted molar refractivity (Wildman–Crippen MR) is 80.4 cm³/mol. The molecule has 1 aromatic heterocycles. The Hall–Kier alpha value is -2.09. The Kier molecular flexibility index (Phi) is 4.79. The van der Waals surface area contributed by atoms with Gasteiger partial charge in [-0.15, -0.1) is 0 Å². The number of carbonyl (C=O) groups is 1. The third-order valence-corrected chi connectivity index (χ3v) is 3.41. The second kappa shape index (κ2) is 6.57. The lowest BCUT2D eigenvalue weighted by Gasteiger charge is -2.12. The van der Waals surface area contributed by atoms with Gasteiger partial charge in [-0.1, -0.05) is 6.92 Å². The molecule has 8 heteroatoms. The fourth-order valence-electron chi connectivity index (χ4n) is 1.79. The summed E-state index contributed by atoms with van der Waals surface area (Å²) in [5, 5.41) is 10.1. The van der Waals surface area contributed by atoms with Crippen LogP contribution in [0.25, 0.3) is 11.3 Å². The third kappa shape index (κ3) is 3.15. The number of rotatable bonds is 6. The summed E-state index contributed by atoms with van der Waals surface area (Å²) in [5.74, 6) is 0.495. The van der Waals surface area contributed by atoms with Crippen molar-refractivity contribution in [1.82, 2.24) is 15.4 Å². The molecule has 1 aromatic carbocycles. The smallest absolute Gasteiger partial charge is 0.271 e. The molecule has 0 atom stereocenters. The Morgan fingerprint density at radius 2 is 2.14 bits per heavy atom. The number of hydrogen-bond donors (Lipinski definition) is 2. The number of amides is 1. The van der Waals surface area contributed by atoms with Crippen LogP contribution in [0.1, 0.15) is 23.8 Å². The minimum absolute atomic E-state index is 0.0694. The van der Waals surface area contributed by atoms with Crippen LogP contribution in [0.3, 0.4) is 0 Å². The number of nitrogens with two attached hydrogens (primary N) is 1. The molecule has 7 nitrogen and oxygen atoms in total. The molecule has 0 fully saturated rings. The summed E-state index contributed by atoms with van der Waals surface area (Å²) in [6.07, 6.45) is 0.887. The van der Waals surface area contributed by atoms with Crippen molar-refractivity contribution in [2.24, 2.45) is 5.73 Å². The minimum Gasteiger partial charge on any atom is -0.493 e. The number of nitrogens with zero attached hydrogens (tertiary/aromatic N) is 2. The van der Waals surface area contributed by atoms with Crippen molar-refractivity contribution in [2.75, 3.05) is 13.7 Å². The van der Waals surface area contributed by atoms with Crippen LogP contribution in [-0.2, 0) is 0 Å². The normalized spacial score (nSPS) is 10.4. The van der Waals surface area contributed by atoms with E-state index in [1.54, 1.807) is 19.2 Å². The first kappa shape index (κ1) is 15.3. The molecule has 0 saturated carbocycles. The van der Waals surface area contributed by atoms with E-state index in [1.165, 1.54) is 0 Å². The van der Waals surface area contributed by atoms with E-state index in [2.05, 4.69) is 31.3 Å². The van der Waals surface area contributed by atoms with Gasteiger partial charge in [0.15, 0.2) is 17.2 Å². The van der Waals surface area contributed by atoms with Gasteiger partial charge in [0.1, 0.15) is 5.69 Å². The number of primary amides is 1. The second-order valence-electron chi connectivity index (χ2n) is 4.22. The first-order chi connectivity index (χ1) is 10.1. The Morgan fingerprint density at radius 3 is 2.76 bits per heavy atom. The highest BCUT2D eigenvalue weighted by atomic mass is 79.9. The van der Waals surface area contributed by atoms with Crippen molar-refractivity contribution in [3.05, 3.63) is 22.3 Å². The highest BCUT2D eigenvalue weighted by Gasteiger charge is 2.20. The summed E-state index contributed by atoms with van der Waals surface area (Å²) in [6.45, 7) is 2.60. The number of ether oxygens (including phenoxy) is 2. The van der Waals surface area contributed by atoms with Crippen LogP contribution in [-0.4, -0.2) is 35.0 Å².